The first kappa shape index (κ1) is 17.9. The molecule has 0 aliphatic carbocycles. The second kappa shape index (κ2) is 7.95. The summed E-state index contributed by atoms with van der Waals surface area (Å²) in [6.07, 6.45) is 2.03. The van der Waals surface area contributed by atoms with Crippen molar-refractivity contribution in [3.63, 3.8) is 0 Å². The summed E-state index contributed by atoms with van der Waals surface area (Å²) in [4.78, 5) is 19.8. The number of benzene rings is 2. The highest BCUT2D eigenvalue weighted by molar-refractivity contribution is 6.02. The van der Waals surface area contributed by atoms with Crippen LogP contribution in [-0.2, 0) is 4.84 Å². The predicted octanol–water partition coefficient (Wildman–Crippen LogP) is 3.96. The van der Waals surface area contributed by atoms with Gasteiger partial charge in [-0.2, -0.15) is 0 Å². The predicted molar refractivity (Wildman–Crippen MR) is 99.7 cm³/mol. The van der Waals surface area contributed by atoms with Gasteiger partial charge in [0.2, 0.25) is 0 Å². The number of amides is 1. The quantitative estimate of drug-likeness (QED) is 0.739. The first-order valence-corrected chi connectivity index (χ1v) is 8.53. The molecule has 0 aromatic heterocycles. The molecule has 0 N–H and O–H groups in total. The monoisotopic (exact) mass is 352 g/mol. The molecule has 0 spiro atoms. The van der Waals surface area contributed by atoms with Crippen molar-refractivity contribution in [2.75, 3.05) is 13.1 Å². The molecule has 5 heteroatoms. The van der Waals surface area contributed by atoms with Crippen LogP contribution in [0.1, 0.15) is 27.9 Å². The van der Waals surface area contributed by atoms with Crippen LogP contribution in [0.5, 0.6) is 0 Å². The van der Waals surface area contributed by atoms with Gasteiger partial charge >= 0.3 is 0 Å². The first-order valence-electron chi connectivity index (χ1n) is 8.53. The second-order valence-electron chi connectivity index (χ2n) is 6.29. The van der Waals surface area contributed by atoms with E-state index in [1.54, 1.807) is 17.0 Å². The minimum absolute atomic E-state index is 0.234. The van der Waals surface area contributed by atoms with Gasteiger partial charge in [-0.25, -0.2) is 4.39 Å². The van der Waals surface area contributed by atoms with Crippen LogP contribution in [0.25, 0.3) is 0 Å². The summed E-state index contributed by atoms with van der Waals surface area (Å²) in [7, 11) is 0. The van der Waals surface area contributed by atoms with Crippen LogP contribution in [0.2, 0.25) is 0 Å². The third-order valence-electron chi connectivity index (χ3n) is 4.32. The standard InChI is InChI=1S/C21H21FN2O2/c1-3-11-24(21(25)16-8-6-9-17(22)12-16)14-18-13-20(23-26-18)19-10-5-4-7-15(19)2/h3-10,12,18H,1,11,13-14H2,2H3/t18-/m1/s1. The largest absolute Gasteiger partial charge is 0.390 e. The van der Waals surface area contributed by atoms with E-state index in [4.69, 9.17) is 4.84 Å². The highest BCUT2D eigenvalue weighted by Gasteiger charge is 2.27. The number of halogens is 1. The van der Waals surface area contributed by atoms with E-state index in [0.717, 1.165) is 16.8 Å². The first-order chi connectivity index (χ1) is 12.6. The summed E-state index contributed by atoms with van der Waals surface area (Å²) in [5.41, 5.74) is 3.38. The van der Waals surface area contributed by atoms with Gasteiger partial charge in [0.15, 0.2) is 6.10 Å². The fraction of sp³-hybridized carbons (Fsp3) is 0.238. The van der Waals surface area contributed by atoms with Crippen molar-refractivity contribution < 1.29 is 14.0 Å². The Balaban J connectivity index is 1.69. The van der Waals surface area contributed by atoms with E-state index < -0.39 is 5.82 Å². The van der Waals surface area contributed by atoms with E-state index in [1.807, 2.05) is 31.2 Å². The van der Waals surface area contributed by atoms with E-state index in [2.05, 4.69) is 11.7 Å². The van der Waals surface area contributed by atoms with Crippen molar-refractivity contribution in [3.8, 4) is 0 Å². The Kier molecular flexibility index (Phi) is 5.46. The smallest absolute Gasteiger partial charge is 0.254 e. The summed E-state index contributed by atoms with van der Waals surface area (Å²) < 4.78 is 13.4. The van der Waals surface area contributed by atoms with Crippen molar-refractivity contribution >= 4 is 11.6 Å². The molecule has 0 saturated carbocycles. The summed E-state index contributed by atoms with van der Waals surface area (Å²) in [6, 6.07) is 13.7. The lowest BCUT2D eigenvalue weighted by Crippen LogP contribution is -2.37. The molecular formula is C21H21FN2O2. The molecule has 4 nitrogen and oxygen atoms in total. The fourth-order valence-electron chi connectivity index (χ4n) is 3.03. The van der Waals surface area contributed by atoms with Gasteiger partial charge in [-0.05, 0) is 30.7 Å². The van der Waals surface area contributed by atoms with Crippen LogP contribution in [-0.4, -0.2) is 35.7 Å². The number of carbonyl (C=O) groups is 1. The lowest BCUT2D eigenvalue weighted by molar-refractivity contribution is 0.0449. The van der Waals surface area contributed by atoms with Gasteiger partial charge in [-0.15, -0.1) is 6.58 Å². The highest BCUT2D eigenvalue weighted by atomic mass is 19.1. The van der Waals surface area contributed by atoms with Crippen molar-refractivity contribution in [1.29, 1.82) is 0 Å². The molecule has 1 amide bonds. The van der Waals surface area contributed by atoms with Crippen molar-refractivity contribution in [3.05, 3.63) is 83.7 Å². The fourth-order valence-corrected chi connectivity index (χ4v) is 3.03. The number of nitrogens with zero attached hydrogens (tertiary/aromatic N) is 2. The molecule has 1 heterocycles. The number of hydrogen-bond acceptors (Lipinski definition) is 3. The van der Waals surface area contributed by atoms with E-state index >= 15 is 0 Å². The average molecular weight is 352 g/mol. The highest BCUT2D eigenvalue weighted by Crippen LogP contribution is 2.20. The summed E-state index contributed by atoms with van der Waals surface area (Å²) in [5, 5.41) is 4.20. The molecule has 0 radical (unpaired) electrons. The Morgan fingerprint density at radius 3 is 2.88 bits per heavy atom. The molecule has 0 saturated heterocycles. The summed E-state index contributed by atoms with van der Waals surface area (Å²) in [6.45, 7) is 6.45. The Morgan fingerprint density at radius 1 is 1.35 bits per heavy atom. The molecule has 0 fully saturated rings. The topological polar surface area (TPSA) is 41.9 Å². The van der Waals surface area contributed by atoms with Gasteiger partial charge in [-0.1, -0.05) is 41.6 Å². The SMILES string of the molecule is C=CCN(C[C@H]1CC(c2ccccc2C)=NO1)C(=O)c1cccc(F)c1. The van der Waals surface area contributed by atoms with Crippen LogP contribution >= 0.6 is 0 Å². The zero-order valence-corrected chi connectivity index (χ0v) is 14.7. The van der Waals surface area contributed by atoms with E-state index in [-0.39, 0.29) is 12.0 Å². The maximum Gasteiger partial charge on any atom is 0.254 e. The van der Waals surface area contributed by atoms with Crippen LogP contribution in [0.4, 0.5) is 4.39 Å². The third-order valence-corrected chi connectivity index (χ3v) is 4.32. The van der Waals surface area contributed by atoms with Gasteiger partial charge in [0.25, 0.3) is 5.91 Å². The van der Waals surface area contributed by atoms with Crippen LogP contribution in [0, 0.1) is 12.7 Å². The van der Waals surface area contributed by atoms with Gasteiger partial charge in [0.1, 0.15) is 5.82 Å². The maximum absolute atomic E-state index is 13.4. The molecule has 0 bridgehead atoms. The maximum atomic E-state index is 13.4. The zero-order valence-electron chi connectivity index (χ0n) is 14.7. The summed E-state index contributed by atoms with van der Waals surface area (Å²) in [5.74, 6) is -0.686. The van der Waals surface area contributed by atoms with Crippen LogP contribution in [0.15, 0.2) is 66.3 Å². The molecule has 26 heavy (non-hydrogen) atoms. The molecule has 2 aromatic rings. The van der Waals surface area contributed by atoms with Gasteiger partial charge < -0.3 is 9.74 Å². The molecule has 134 valence electrons. The molecule has 0 unspecified atom stereocenters. The van der Waals surface area contributed by atoms with Crippen molar-refractivity contribution in [2.45, 2.75) is 19.4 Å². The molecule has 1 aliphatic rings. The molecule has 1 atom stereocenters. The average Bonchev–Trinajstić information content (AvgIpc) is 3.09. The Morgan fingerprint density at radius 2 is 2.15 bits per heavy atom. The zero-order chi connectivity index (χ0) is 18.5. The minimum atomic E-state index is -0.434. The number of rotatable bonds is 6. The molecule has 1 aliphatic heterocycles. The molecular weight excluding hydrogens is 331 g/mol. The Hall–Kier alpha value is -2.95. The molecule has 2 aromatic carbocycles. The number of carbonyl (C=O) groups excluding carboxylic acids is 1. The lowest BCUT2D eigenvalue weighted by Gasteiger charge is -2.23. The Bertz CT molecular complexity index is 847. The van der Waals surface area contributed by atoms with Crippen LogP contribution in [0.3, 0.4) is 0 Å². The number of oxime groups is 1. The second-order valence-corrected chi connectivity index (χ2v) is 6.29. The number of aryl methyl sites for hydroxylation is 1. The van der Waals surface area contributed by atoms with Gasteiger partial charge in [-0.3, -0.25) is 4.79 Å². The Labute approximate surface area is 152 Å². The van der Waals surface area contributed by atoms with Crippen molar-refractivity contribution in [1.82, 2.24) is 4.90 Å². The van der Waals surface area contributed by atoms with E-state index in [9.17, 15) is 9.18 Å². The van der Waals surface area contributed by atoms with Crippen molar-refractivity contribution in [2.24, 2.45) is 5.16 Å². The minimum Gasteiger partial charge on any atom is -0.390 e. The van der Waals surface area contributed by atoms with Gasteiger partial charge in [0.05, 0.1) is 12.3 Å². The van der Waals surface area contributed by atoms with E-state index in [0.29, 0.717) is 25.1 Å². The third kappa shape index (κ3) is 3.99. The van der Waals surface area contributed by atoms with E-state index in [1.165, 1.54) is 18.2 Å². The lowest BCUT2D eigenvalue weighted by atomic mass is 10.00. The number of hydrogen-bond donors (Lipinski definition) is 0. The normalized spacial score (nSPS) is 15.9. The van der Waals surface area contributed by atoms with Crippen LogP contribution < -0.4 is 0 Å². The summed E-state index contributed by atoms with van der Waals surface area (Å²) >= 11 is 0. The molecule has 3 rings (SSSR count). The van der Waals surface area contributed by atoms with Gasteiger partial charge in [0, 0.05) is 24.1 Å².